The summed E-state index contributed by atoms with van der Waals surface area (Å²) < 4.78 is 10.4. The second-order valence-electron chi connectivity index (χ2n) is 11.4. The maximum atomic E-state index is 13.4. The van der Waals surface area contributed by atoms with Gasteiger partial charge in [-0.15, -0.1) is 0 Å². The van der Waals surface area contributed by atoms with Gasteiger partial charge in [0.15, 0.2) is 5.78 Å². The third-order valence-electron chi connectivity index (χ3n) is 8.84. The quantitative estimate of drug-likeness (QED) is 0.122. The second kappa shape index (κ2) is 12.2. The summed E-state index contributed by atoms with van der Waals surface area (Å²) in [5, 5.41) is 32.8. The summed E-state index contributed by atoms with van der Waals surface area (Å²) in [5.74, 6) is -9.70. The van der Waals surface area contributed by atoms with Crippen molar-refractivity contribution in [3.63, 3.8) is 0 Å². The van der Waals surface area contributed by atoms with Gasteiger partial charge in [0.25, 0.3) is 0 Å². The van der Waals surface area contributed by atoms with E-state index >= 15 is 0 Å². The number of ketones is 1. The number of Topliss-reactive ketones (excluding diaryl/α,β-unsaturated/α-hetero) is 1. The SMILES string of the molecule is C/C=C/CCCCC[C@@H]1C=C2[C@]3(CC(=O)O)CC4=C(C(=O)OC4=O)C([C@H]1C[C@@H](O)C(=O)CC/C=C/C)[C@@]2(O)OC3=O. The van der Waals surface area contributed by atoms with Gasteiger partial charge in [-0.3, -0.25) is 14.4 Å². The molecule has 222 valence electrons. The van der Waals surface area contributed by atoms with E-state index in [0.29, 0.717) is 12.8 Å². The van der Waals surface area contributed by atoms with Crippen LogP contribution in [0.1, 0.15) is 78.1 Å². The summed E-state index contributed by atoms with van der Waals surface area (Å²) in [7, 11) is 0. The van der Waals surface area contributed by atoms with Crippen molar-refractivity contribution in [3.05, 3.63) is 47.1 Å². The number of aliphatic hydroxyl groups is 2. The van der Waals surface area contributed by atoms with Crippen LogP contribution in [0.3, 0.4) is 0 Å². The maximum absolute atomic E-state index is 13.4. The minimum Gasteiger partial charge on any atom is -0.481 e. The molecule has 2 aliphatic carbocycles. The van der Waals surface area contributed by atoms with Crippen LogP contribution in [0.2, 0.25) is 0 Å². The van der Waals surface area contributed by atoms with Crippen LogP contribution in [-0.4, -0.2) is 56.9 Å². The van der Waals surface area contributed by atoms with E-state index in [1.807, 2.05) is 26.0 Å². The number of allylic oxidation sites excluding steroid dienone is 5. The van der Waals surface area contributed by atoms with Crippen molar-refractivity contribution in [2.75, 3.05) is 0 Å². The summed E-state index contributed by atoms with van der Waals surface area (Å²) in [5.41, 5.74) is -2.19. The van der Waals surface area contributed by atoms with Crippen LogP contribution in [0.25, 0.3) is 0 Å². The number of hydrogen-bond acceptors (Lipinski definition) is 9. The van der Waals surface area contributed by atoms with Gasteiger partial charge >= 0.3 is 23.9 Å². The number of aliphatic carboxylic acids is 1. The minimum atomic E-state index is -2.42. The molecule has 1 saturated heterocycles. The number of carboxylic acid groups (broad SMARTS) is 1. The predicted octanol–water partition coefficient (Wildman–Crippen LogP) is 3.47. The van der Waals surface area contributed by atoms with E-state index in [4.69, 9.17) is 9.47 Å². The van der Waals surface area contributed by atoms with Crippen molar-refractivity contribution in [2.24, 2.45) is 23.2 Å². The molecule has 2 aliphatic heterocycles. The van der Waals surface area contributed by atoms with Crippen molar-refractivity contribution in [2.45, 2.75) is 89.9 Å². The average molecular weight is 571 g/mol. The number of carboxylic acids is 1. The first-order chi connectivity index (χ1) is 19.5. The number of esters is 3. The summed E-state index contributed by atoms with van der Waals surface area (Å²) in [6.45, 7) is 3.77. The van der Waals surface area contributed by atoms with Crippen molar-refractivity contribution in [1.82, 2.24) is 0 Å². The van der Waals surface area contributed by atoms with Gasteiger partial charge in [0.2, 0.25) is 5.79 Å². The van der Waals surface area contributed by atoms with E-state index in [1.165, 1.54) is 0 Å². The molecule has 0 aromatic heterocycles. The Morgan fingerprint density at radius 1 is 1.07 bits per heavy atom. The van der Waals surface area contributed by atoms with Gasteiger partial charge in [0.05, 0.1) is 23.5 Å². The molecule has 0 saturated carbocycles. The number of carbonyl (C=O) groups excluding carboxylic acids is 4. The first-order valence-corrected chi connectivity index (χ1v) is 14.3. The van der Waals surface area contributed by atoms with E-state index < -0.39 is 77.6 Å². The van der Waals surface area contributed by atoms with Gasteiger partial charge in [0, 0.05) is 18.4 Å². The Hall–Kier alpha value is -3.37. The molecule has 0 aromatic carbocycles. The van der Waals surface area contributed by atoms with E-state index in [9.17, 15) is 39.3 Å². The van der Waals surface area contributed by atoms with Crippen LogP contribution >= 0.6 is 0 Å². The number of cyclic esters (lactones) is 2. The Balaban J connectivity index is 1.80. The lowest BCUT2D eigenvalue weighted by Crippen LogP contribution is -2.51. The molecule has 3 N–H and O–H groups in total. The van der Waals surface area contributed by atoms with Crippen LogP contribution in [0, 0.1) is 23.2 Å². The molecule has 4 rings (SSSR count). The van der Waals surface area contributed by atoms with Gasteiger partial charge in [-0.1, -0.05) is 43.2 Å². The first kappa shape index (κ1) is 30.6. The molecule has 2 heterocycles. The monoisotopic (exact) mass is 570 g/mol. The Morgan fingerprint density at radius 3 is 2.46 bits per heavy atom. The Kier molecular flexibility index (Phi) is 9.13. The van der Waals surface area contributed by atoms with Crippen molar-refractivity contribution < 1.29 is 48.8 Å². The smallest absolute Gasteiger partial charge is 0.343 e. The largest absolute Gasteiger partial charge is 0.481 e. The Morgan fingerprint density at radius 2 is 1.78 bits per heavy atom. The fraction of sp³-hybridized carbons (Fsp3) is 0.581. The van der Waals surface area contributed by atoms with E-state index in [-0.39, 0.29) is 29.6 Å². The third-order valence-corrected chi connectivity index (χ3v) is 8.84. The van der Waals surface area contributed by atoms with E-state index in [1.54, 1.807) is 12.2 Å². The van der Waals surface area contributed by atoms with Crippen LogP contribution < -0.4 is 0 Å². The molecule has 0 amide bonds. The number of carbonyl (C=O) groups is 5. The highest BCUT2D eigenvalue weighted by Crippen LogP contribution is 2.64. The minimum absolute atomic E-state index is 0.0291. The third kappa shape index (κ3) is 5.59. The molecule has 0 radical (unpaired) electrons. The number of rotatable bonds is 14. The molecule has 0 aromatic rings. The summed E-state index contributed by atoms with van der Waals surface area (Å²) >= 11 is 0. The predicted molar refractivity (Wildman–Crippen MR) is 145 cm³/mol. The fourth-order valence-corrected chi connectivity index (χ4v) is 6.96. The van der Waals surface area contributed by atoms with Gasteiger partial charge in [-0.05, 0) is 57.8 Å². The van der Waals surface area contributed by atoms with Crippen LogP contribution in [0.15, 0.2) is 47.1 Å². The molecule has 4 bridgehead atoms. The zero-order valence-electron chi connectivity index (χ0n) is 23.5. The van der Waals surface area contributed by atoms with E-state index in [2.05, 4.69) is 6.08 Å². The lowest BCUT2D eigenvalue weighted by atomic mass is 9.61. The molecule has 4 aliphatic rings. The number of aliphatic hydroxyl groups excluding tert-OH is 1. The van der Waals surface area contributed by atoms with Crippen LogP contribution in [0.5, 0.6) is 0 Å². The molecule has 1 fully saturated rings. The van der Waals surface area contributed by atoms with Crippen molar-refractivity contribution >= 4 is 29.7 Å². The number of fused-ring (bicyclic) bond motifs is 1. The number of unbranched alkanes of at least 4 members (excludes halogenated alkanes) is 3. The fourth-order valence-electron chi connectivity index (χ4n) is 6.96. The van der Waals surface area contributed by atoms with Crippen molar-refractivity contribution in [3.8, 4) is 0 Å². The van der Waals surface area contributed by atoms with Gasteiger partial charge in [-0.25, -0.2) is 9.59 Å². The number of hydrogen-bond donors (Lipinski definition) is 3. The van der Waals surface area contributed by atoms with E-state index in [0.717, 1.165) is 25.7 Å². The average Bonchev–Trinajstić information content (AvgIpc) is 3.26. The summed E-state index contributed by atoms with van der Waals surface area (Å²) in [6, 6.07) is 0. The molecule has 1 unspecified atom stereocenters. The molecule has 6 atom stereocenters. The Labute approximate surface area is 238 Å². The molecular weight excluding hydrogens is 532 g/mol. The molecular formula is C31H38O10. The highest BCUT2D eigenvalue weighted by atomic mass is 16.7. The van der Waals surface area contributed by atoms with Crippen LogP contribution in [-0.2, 0) is 33.4 Å². The zero-order valence-corrected chi connectivity index (χ0v) is 23.5. The standard InChI is InChI=1S/C31H38O10/c1-3-5-7-8-9-11-12-18-14-23-30(17-24(34)35)16-20-25(28(37)40-27(20)36)26(31(23,39)41-29(30)38)19(18)15-22(33)21(32)13-10-6-4-2/h3-6,14,18-19,22,26,33,39H,7-13,15-17H2,1-2H3,(H,34,35)/b5-3+,6-4+/t18-,19+,22-,26?,30-,31+/m1/s1. The van der Waals surface area contributed by atoms with Crippen molar-refractivity contribution in [1.29, 1.82) is 0 Å². The number of ether oxygens (including phenoxy) is 2. The molecule has 0 spiro atoms. The molecule has 10 nitrogen and oxygen atoms in total. The highest BCUT2D eigenvalue weighted by molar-refractivity contribution is 6.14. The topological polar surface area (TPSA) is 164 Å². The maximum Gasteiger partial charge on any atom is 0.343 e. The second-order valence-corrected chi connectivity index (χ2v) is 11.4. The highest BCUT2D eigenvalue weighted by Gasteiger charge is 2.72. The van der Waals surface area contributed by atoms with Gasteiger partial charge in [-0.2, -0.15) is 0 Å². The Bertz CT molecular complexity index is 1240. The first-order valence-electron chi connectivity index (χ1n) is 14.3. The molecule has 41 heavy (non-hydrogen) atoms. The van der Waals surface area contributed by atoms with Gasteiger partial charge < -0.3 is 24.8 Å². The zero-order chi connectivity index (χ0) is 29.9. The summed E-state index contributed by atoms with van der Waals surface area (Å²) in [4.78, 5) is 64.1. The lowest BCUT2D eigenvalue weighted by Gasteiger charge is -2.45. The molecule has 10 heteroatoms. The van der Waals surface area contributed by atoms with Gasteiger partial charge in [0.1, 0.15) is 11.5 Å². The lowest BCUT2D eigenvalue weighted by molar-refractivity contribution is -0.206. The normalized spacial score (nSPS) is 31.3. The van der Waals surface area contributed by atoms with Crippen LogP contribution in [0.4, 0.5) is 0 Å². The summed E-state index contributed by atoms with van der Waals surface area (Å²) in [6.07, 6.45) is 11.0.